The van der Waals surface area contributed by atoms with Gasteiger partial charge < -0.3 is 14.7 Å². The van der Waals surface area contributed by atoms with E-state index >= 15 is 0 Å². The van der Waals surface area contributed by atoms with Crippen molar-refractivity contribution in [3.05, 3.63) is 23.6 Å². The number of likely N-dealkylation sites (N-methyl/N-ethyl adjacent to an activating group) is 1. The Hall–Kier alpha value is -0.960. The average Bonchev–Trinajstić information content (AvgIpc) is 2.12. The molecule has 0 radical (unpaired) electrons. The van der Waals surface area contributed by atoms with E-state index in [9.17, 15) is 5.11 Å². The Morgan fingerprint density at radius 3 is 3.15 bits per heavy atom. The molecule has 0 aromatic carbocycles. The van der Waals surface area contributed by atoms with Crippen LogP contribution in [0.15, 0.2) is 23.6 Å². The summed E-state index contributed by atoms with van der Waals surface area (Å²) in [5.41, 5.74) is 1.02. The van der Waals surface area contributed by atoms with Crippen LogP contribution in [-0.2, 0) is 4.74 Å². The van der Waals surface area contributed by atoms with Gasteiger partial charge in [0.15, 0.2) is 6.23 Å². The Morgan fingerprint density at radius 1 is 1.62 bits per heavy atom. The first kappa shape index (κ1) is 8.63. The van der Waals surface area contributed by atoms with Gasteiger partial charge in [-0.1, -0.05) is 13.0 Å². The first-order valence-electron chi connectivity index (χ1n) is 4.64. The lowest BCUT2D eigenvalue weighted by Gasteiger charge is -2.36. The number of hydrogen-bond acceptors (Lipinski definition) is 3. The van der Waals surface area contributed by atoms with Crippen molar-refractivity contribution in [2.45, 2.75) is 19.6 Å². The van der Waals surface area contributed by atoms with Crippen LogP contribution in [-0.4, -0.2) is 29.9 Å². The molecule has 1 aliphatic heterocycles. The van der Waals surface area contributed by atoms with Crippen LogP contribution in [0.2, 0.25) is 0 Å². The molecule has 2 aliphatic rings. The molecule has 1 aliphatic carbocycles. The zero-order valence-corrected chi connectivity index (χ0v) is 8.03. The van der Waals surface area contributed by atoms with Crippen LogP contribution < -0.4 is 0 Å². The second-order valence-electron chi connectivity index (χ2n) is 3.74. The topological polar surface area (TPSA) is 32.7 Å². The summed E-state index contributed by atoms with van der Waals surface area (Å²) in [7, 11) is 1.89. The number of fused-ring (bicyclic) bond motifs is 1. The van der Waals surface area contributed by atoms with Crippen LogP contribution in [0.1, 0.15) is 13.3 Å². The number of nitrogens with zero attached hydrogens (tertiary/aromatic N) is 1. The second-order valence-corrected chi connectivity index (χ2v) is 3.74. The molecule has 3 heteroatoms. The standard InChI is InChI=1S/C10H15NO2/c1-7-3-4-8-9(5-7)13-6-10(12)11(8)2/h4-5,7,10,12H,3,6H2,1-2H3. The molecule has 2 atom stereocenters. The quantitative estimate of drug-likeness (QED) is 0.607. The number of ether oxygens (including phenoxy) is 1. The molecular formula is C10H15NO2. The van der Waals surface area contributed by atoms with E-state index in [1.807, 2.05) is 11.9 Å². The highest BCUT2D eigenvalue weighted by molar-refractivity contribution is 5.30. The van der Waals surface area contributed by atoms with Crippen molar-refractivity contribution in [2.75, 3.05) is 13.7 Å². The fourth-order valence-corrected chi connectivity index (χ4v) is 1.69. The van der Waals surface area contributed by atoms with Gasteiger partial charge in [-0.3, -0.25) is 0 Å². The molecule has 1 heterocycles. The molecular weight excluding hydrogens is 166 g/mol. The van der Waals surface area contributed by atoms with Crippen LogP contribution in [0.5, 0.6) is 0 Å². The summed E-state index contributed by atoms with van der Waals surface area (Å²) in [5.74, 6) is 1.47. The highest BCUT2D eigenvalue weighted by atomic mass is 16.5. The highest BCUT2D eigenvalue weighted by Crippen LogP contribution is 2.29. The summed E-state index contributed by atoms with van der Waals surface area (Å²) in [4.78, 5) is 1.86. The Labute approximate surface area is 78.3 Å². The van der Waals surface area contributed by atoms with Crippen molar-refractivity contribution in [1.82, 2.24) is 4.90 Å². The minimum absolute atomic E-state index is 0.367. The number of aliphatic hydroxyl groups excluding tert-OH is 1. The third kappa shape index (κ3) is 1.44. The van der Waals surface area contributed by atoms with Gasteiger partial charge in [-0.05, 0) is 18.4 Å². The summed E-state index contributed by atoms with van der Waals surface area (Å²) in [6.45, 7) is 2.53. The predicted octanol–water partition coefficient (Wildman–Crippen LogP) is 1.07. The largest absolute Gasteiger partial charge is 0.487 e. The van der Waals surface area contributed by atoms with Gasteiger partial charge in [0.1, 0.15) is 12.4 Å². The third-order valence-corrected chi connectivity index (χ3v) is 2.59. The zero-order valence-electron chi connectivity index (χ0n) is 8.03. The van der Waals surface area contributed by atoms with E-state index in [4.69, 9.17) is 4.74 Å². The summed E-state index contributed by atoms with van der Waals surface area (Å²) in [5, 5.41) is 9.52. The van der Waals surface area contributed by atoms with E-state index < -0.39 is 6.23 Å². The molecule has 0 aromatic heterocycles. The zero-order chi connectivity index (χ0) is 9.42. The minimum atomic E-state index is -0.503. The van der Waals surface area contributed by atoms with Gasteiger partial charge in [0.2, 0.25) is 0 Å². The van der Waals surface area contributed by atoms with Gasteiger partial charge in [0, 0.05) is 7.05 Å². The molecule has 1 saturated heterocycles. The molecule has 0 bridgehead atoms. The van der Waals surface area contributed by atoms with Crippen molar-refractivity contribution >= 4 is 0 Å². The fraction of sp³-hybridized carbons (Fsp3) is 0.600. The number of morpholine rings is 1. The lowest BCUT2D eigenvalue weighted by molar-refractivity contribution is -0.0437. The normalized spacial score (nSPS) is 33.0. The maximum absolute atomic E-state index is 9.52. The van der Waals surface area contributed by atoms with Gasteiger partial charge in [-0.25, -0.2) is 0 Å². The van der Waals surface area contributed by atoms with Gasteiger partial charge >= 0.3 is 0 Å². The lowest BCUT2D eigenvalue weighted by Crippen LogP contribution is -2.40. The van der Waals surface area contributed by atoms with Gasteiger partial charge in [-0.2, -0.15) is 0 Å². The number of aliphatic hydroxyl groups is 1. The van der Waals surface area contributed by atoms with Crippen LogP contribution in [0.3, 0.4) is 0 Å². The number of rotatable bonds is 0. The lowest BCUT2D eigenvalue weighted by atomic mass is 9.99. The van der Waals surface area contributed by atoms with E-state index in [-0.39, 0.29) is 0 Å². The maximum atomic E-state index is 9.52. The number of hydrogen-bond donors (Lipinski definition) is 1. The first-order chi connectivity index (χ1) is 6.18. The molecule has 0 spiro atoms. The monoisotopic (exact) mass is 181 g/mol. The average molecular weight is 181 g/mol. The molecule has 13 heavy (non-hydrogen) atoms. The van der Waals surface area contributed by atoms with Crippen LogP contribution in [0, 0.1) is 5.92 Å². The van der Waals surface area contributed by atoms with Crippen molar-refractivity contribution in [2.24, 2.45) is 5.92 Å². The molecule has 72 valence electrons. The van der Waals surface area contributed by atoms with E-state index in [0.29, 0.717) is 12.5 Å². The summed E-state index contributed by atoms with van der Waals surface area (Å²) >= 11 is 0. The van der Waals surface area contributed by atoms with E-state index in [0.717, 1.165) is 17.9 Å². The van der Waals surface area contributed by atoms with E-state index in [2.05, 4.69) is 19.1 Å². The van der Waals surface area contributed by atoms with Crippen molar-refractivity contribution in [1.29, 1.82) is 0 Å². The van der Waals surface area contributed by atoms with E-state index in [1.54, 1.807) is 0 Å². The molecule has 2 unspecified atom stereocenters. The Bertz CT molecular complexity index is 270. The van der Waals surface area contributed by atoms with Crippen LogP contribution in [0.4, 0.5) is 0 Å². The molecule has 0 saturated carbocycles. The Kier molecular flexibility index (Phi) is 2.04. The molecule has 3 nitrogen and oxygen atoms in total. The molecule has 2 rings (SSSR count). The van der Waals surface area contributed by atoms with Crippen molar-refractivity contribution < 1.29 is 9.84 Å². The summed E-state index contributed by atoms with van der Waals surface area (Å²) in [6.07, 6.45) is 4.77. The Morgan fingerprint density at radius 2 is 2.38 bits per heavy atom. The molecule has 1 N–H and O–H groups in total. The van der Waals surface area contributed by atoms with Crippen molar-refractivity contribution in [3.8, 4) is 0 Å². The fourth-order valence-electron chi connectivity index (χ4n) is 1.69. The summed E-state index contributed by atoms with van der Waals surface area (Å²) in [6, 6.07) is 0. The molecule has 0 aromatic rings. The van der Waals surface area contributed by atoms with Crippen LogP contribution in [0.25, 0.3) is 0 Å². The predicted molar refractivity (Wildman–Crippen MR) is 49.7 cm³/mol. The summed E-state index contributed by atoms with van der Waals surface area (Å²) < 4.78 is 5.44. The van der Waals surface area contributed by atoms with Gasteiger partial charge in [0.05, 0.1) is 5.70 Å². The van der Waals surface area contributed by atoms with E-state index in [1.165, 1.54) is 0 Å². The van der Waals surface area contributed by atoms with Gasteiger partial charge in [0.25, 0.3) is 0 Å². The highest BCUT2D eigenvalue weighted by Gasteiger charge is 2.27. The smallest absolute Gasteiger partial charge is 0.161 e. The SMILES string of the molecule is CC1C=C2OCC(O)N(C)C2=CC1. The molecule has 0 amide bonds. The maximum Gasteiger partial charge on any atom is 0.161 e. The molecule has 1 fully saturated rings. The third-order valence-electron chi connectivity index (χ3n) is 2.59. The van der Waals surface area contributed by atoms with Crippen LogP contribution >= 0.6 is 0 Å². The van der Waals surface area contributed by atoms with Gasteiger partial charge in [-0.15, -0.1) is 0 Å². The first-order valence-corrected chi connectivity index (χ1v) is 4.64. The number of allylic oxidation sites excluding steroid dienone is 2. The second kappa shape index (κ2) is 3.07. The van der Waals surface area contributed by atoms with Crippen molar-refractivity contribution in [3.63, 3.8) is 0 Å². The Balaban J connectivity index is 2.24. The minimum Gasteiger partial charge on any atom is -0.487 e.